The van der Waals surface area contributed by atoms with E-state index in [4.69, 9.17) is 9.31 Å². The third-order valence-corrected chi connectivity index (χ3v) is 5.53. The fraction of sp³-hybridized carbons (Fsp3) is 0.333. The molecule has 0 unspecified atom stereocenters. The van der Waals surface area contributed by atoms with Crippen LogP contribution in [0.5, 0.6) is 0 Å². The standard InChI is InChI=1S/C21H22BNO3/c1-20(2)21(3,4)26-22(25-20)16-11-10-15-12-18(24)19(23-17(15)13-16)14-8-6-5-7-9-14/h5-11,13H,12H2,1-4H3. The predicted molar refractivity (Wildman–Crippen MR) is 104 cm³/mol. The molecule has 0 aliphatic carbocycles. The minimum atomic E-state index is -0.432. The summed E-state index contributed by atoms with van der Waals surface area (Å²) in [7, 11) is -0.432. The molecule has 2 aliphatic rings. The van der Waals surface area contributed by atoms with Gasteiger partial charge < -0.3 is 9.31 Å². The van der Waals surface area contributed by atoms with Crippen LogP contribution >= 0.6 is 0 Å². The smallest absolute Gasteiger partial charge is 0.399 e. The van der Waals surface area contributed by atoms with Crippen LogP contribution in [0.25, 0.3) is 0 Å². The summed E-state index contributed by atoms with van der Waals surface area (Å²) in [4.78, 5) is 17.1. The van der Waals surface area contributed by atoms with Crippen LogP contribution in [-0.4, -0.2) is 29.8 Å². The van der Waals surface area contributed by atoms with Gasteiger partial charge in [-0.2, -0.15) is 0 Å². The highest BCUT2D eigenvalue weighted by atomic mass is 16.7. The number of benzene rings is 2. The SMILES string of the molecule is CC1(C)OB(c2ccc3c(c2)N=C(c2ccccc2)C(=O)C3)OC1(C)C. The number of Topliss-reactive ketones (excluding diaryl/α,β-unsaturated/α-hetero) is 1. The Balaban J connectivity index is 1.71. The number of nitrogens with zero attached hydrogens (tertiary/aromatic N) is 1. The molecule has 0 bridgehead atoms. The molecule has 0 spiro atoms. The lowest BCUT2D eigenvalue weighted by Gasteiger charge is -2.32. The average Bonchev–Trinajstić information content (AvgIpc) is 2.82. The largest absolute Gasteiger partial charge is 0.494 e. The van der Waals surface area contributed by atoms with Crippen LogP contribution < -0.4 is 5.46 Å². The minimum absolute atomic E-state index is 0.0482. The van der Waals surface area contributed by atoms with Crippen molar-refractivity contribution in [3.63, 3.8) is 0 Å². The number of aliphatic imine (C=N–C) groups is 1. The van der Waals surface area contributed by atoms with Crippen molar-refractivity contribution in [1.82, 2.24) is 0 Å². The summed E-state index contributed by atoms with van der Waals surface area (Å²) >= 11 is 0. The molecule has 2 heterocycles. The molecule has 26 heavy (non-hydrogen) atoms. The van der Waals surface area contributed by atoms with E-state index in [1.807, 2.05) is 76.2 Å². The topological polar surface area (TPSA) is 47.9 Å². The fourth-order valence-electron chi connectivity index (χ4n) is 3.22. The highest BCUT2D eigenvalue weighted by Crippen LogP contribution is 2.37. The lowest BCUT2D eigenvalue weighted by Crippen LogP contribution is -2.41. The number of hydrogen-bond acceptors (Lipinski definition) is 4. The predicted octanol–water partition coefficient (Wildman–Crippen LogP) is 3.23. The summed E-state index contributed by atoms with van der Waals surface area (Å²) in [5, 5.41) is 0. The summed E-state index contributed by atoms with van der Waals surface area (Å²) in [6, 6.07) is 15.5. The highest BCUT2D eigenvalue weighted by molar-refractivity contribution is 6.62. The van der Waals surface area contributed by atoms with Crippen LogP contribution in [-0.2, 0) is 20.5 Å². The first kappa shape index (κ1) is 17.2. The van der Waals surface area contributed by atoms with Gasteiger partial charge in [-0.15, -0.1) is 0 Å². The van der Waals surface area contributed by atoms with Crippen molar-refractivity contribution in [2.24, 2.45) is 4.99 Å². The number of fused-ring (bicyclic) bond motifs is 1. The van der Waals surface area contributed by atoms with E-state index in [2.05, 4.69) is 4.99 Å². The summed E-state index contributed by atoms with van der Waals surface area (Å²) < 4.78 is 12.3. The zero-order valence-electron chi connectivity index (χ0n) is 15.6. The zero-order valence-corrected chi connectivity index (χ0v) is 15.6. The first-order chi connectivity index (χ1) is 12.3. The molecule has 0 saturated carbocycles. The molecule has 2 aliphatic heterocycles. The van der Waals surface area contributed by atoms with Crippen LogP contribution in [0, 0.1) is 0 Å². The van der Waals surface area contributed by atoms with Gasteiger partial charge in [0.25, 0.3) is 0 Å². The summed E-state index contributed by atoms with van der Waals surface area (Å²) in [6.07, 6.45) is 0.368. The summed E-state index contributed by atoms with van der Waals surface area (Å²) in [5.41, 5.74) is 3.27. The van der Waals surface area contributed by atoms with E-state index in [1.165, 1.54) is 0 Å². The molecule has 5 heteroatoms. The Morgan fingerprint density at radius 1 is 0.962 bits per heavy atom. The van der Waals surface area contributed by atoms with Crippen LogP contribution in [0.2, 0.25) is 0 Å². The van der Waals surface area contributed by atoms with E-state index < -0.39 is 7.12 Å². The van der Waals surface area contributed by atoms with Gasteiger partial charge in [0.15, 0.2) is 5.78 Å². The Kier molecular flexibility index (Phi) is 3.90. The monoisotopic (exact) mass is 347 g/mol. The van der Waals surface area contributed by atoms with Crippen molar-refractivity contribution in [2.75, 3.05) is 0 Å². The Morgan fingerprint density at radius 2 is 1.62 bits per heavy atom. The third kappa shape index (κ3) is 2.81. The number of rotatable bonds is 2. The minimum Gasteiger partial charge on any atom is -0.399 e. The van der Waals surface area contributed by atoms with E-state index >= 15 is 0 Å². The molecule has 132 valence electrons. The second-order valence-electron chi connectivity index (χ2n) is 7.90. The maximum absolute atomic E-state index is 12.5. The lowest BCUT2D eigenvalue weighted by atomic mass is 9.78. The molecular weight excluding hydrogens is 325 g/mol. The van der Waals surface area contributed by atoms with E-state index in [-0.39, 0.29) is 17.0 Å². The van der Waals surface area contributed by atoms with Crippen LogP contribution in [0.4, 0.5) is 5.69 Å². The average molecular weight is 347 g/mol. The van der Waals surface area contributed by atoms with E-state index in [9.17, 15) is 4.79 Å². The van der Waals surface area contributed by atoms with Gasteiger partial charge in [-0.05, 0) is 44.8 Å². The number of ketones is 1. The van der Waals surface area contributed by atoms with Crippen LogP contribution in [0.3, 0.4) is 0 Å². The van der Waals surface area contributed by atoms with Gasteiger partial charge in [0, 0.05) is 12.0 Å². The van der Waals surface area contributed by atoms with Gasteiger partial charge in [-0.1, -0.05) is 42.5 Å². The first-order valence-electron chi connectivity index (χ1n) is 8.93. The number of carbonyl (C=O) groups is 1. The second kappa shape index (κ2) is 5.90. The van der Waals surface area contributed by atoms with E-state index in [1.54, 1.807) is 0 Å². The van der Waals surface area contributed by atoms with Crippen molar-refractivity contribution in [3.05, 3.63) is 59.7 Å². The van der Waals surface area contributed by atoms with Crippen molar-refractivity contribution >= 4 is 29.8 Å². The molecule has 1 saturated heterocycles. The van der Waals surface area contributed by atoms with Crippen LogP contribution in [0.15, 0.2) is 53.5 Å². The summed E-state index contributed by atoms with van der Waals surface area (Å²) in [5.74, 6) is 0.0482. The maximum Gasteiger partial charge on any atom is 0.494 e. The van der Waals surface area contributed by atoms with Gasteiger partial charge in [-0.25, -0.2) is 4.99 Å². The molecule has 0 aromatic heterocycles. The molecule has 4 rings (SSSR count). The second-order valence-corrected chi connectivity index (χ2v) is 7.90. The van der Waals surface area contributed by atoms with Crippen molar-refractivity contribution in [2.45, 2.75) is 45.3 Å². The van der Waals surface area contributed by atoms with Gasteiger partial charge in [-0.3, -0.25) is 4.79 Å². The van der Waals surface area contributed by atoms with Crippen molar-refractivity contribution in [3.8, 4) is 0 Å². The van der Waals surface area contributed by atoms with Crippen molar-refractivity contribution in [1.29, 1.82) is 0 Å². The van der Waals surface area contributed by atoms with Gasteiger partial charge in [0.2, 0.25) is 0 Å². The van der Waals surface area contributed by atoms with Crippen molar-refractivity contribution < 1.29 is 14.1 Å². The molecule has 2 aromatic rings. The Hall–Kier alpha value is -2.24. The molecule has 0 radical (unpaired) electrons. The van der Waals surface area contributed by atoms with Gasteiger partial charge >= 0.3 is 7.12 Å². The summed E-state index contributed by atoms with van der Waals surface area (Å²) in [6.45, 7) is 8.15. The number of carbonyl (C=O) groups excluding carboxylic acids is 1. The first-order valence-corrected chi connectivity index (χ1v) is 8.93. The normalized spacial score (nSPS) is 20.7. The van der Waals surface area contributed by atoms with E-state index in [0.717, 1.165) is 22.3 Å². The van der Waals surface area contributed by atoms with Gasteiger partial charge in [0.05, 0.1) is 16.9 Å². The fourth-order valence-corrected chi connectivity index (χ4v) is 3.22. The molecule has 0 N–H and O–H groups in total. The Morgan fingerprint density at radius 3 is 2.27 bits per heavy atom. The van der Waals surface area contributed by atoms with Gasteiger partial charge in [0.1, 0.15) is 5.71 Å². The Bertz CT molecular complexity index is 887. The number of hydrogen-bond donors (Lipinski definition) is 0. The highest BCUT2D eigenvalue weighted by Gasteiger charge is 2.51. The maximum atomic E-state index is 12.5. The lowest BCUT2D eigenvalue weighted by molar-refractivity contribution is -0.112. The Labute approximate surface area is 154 Å². The molecule has 0 atom stereocenters. The molecule has 4 nitrogen and oxygen atoms in total. The molecule has 0 amide bonds. The molecular formula is C21H22BNO3. The van der Waals surface area contributed by atoms with E-state index in [0.29, 0.717) is 12.1 Å². The zero-order chi connectivity index (χ0) is 18.5. The third-order valence-electron chi connectivity index (χ3n) is 5.53. The molecule has 1 fully saturated rings. The quantitative estimate of drug-likeness (QED) is 0.784. The van der Waals surface area contributed by atoms with Crippen LogP contribution in [0.1, 0.15) is 38.8 Å². The molecule has 2 aromatic carbocycles.